The van der Waals surface area contributed by atoms with Crippen molar-refractivity contribution >= 4 is 17.5 Å². The lowest BCUT2D eigenvalue weighted by Crippen LogP contribution is -2.39. The van der Waals surface area contributed by atoms with Crippen molar-refractivity contribution in [1.82, 2.24) is 4.90 Å². The first-order valence-corrected chi connectivity index (χ1v) is 10.3. The summed E-state index contributed by atoms with van der Waals surface area (Å²) in [5, 5.41) is 0. The minimum Gasteiger partial charge on any atom is -0.341 e. The predicted octanol–water partition coefficient (Wildman–Crippen LogP) is 4.04. The maximum absolute atomic E-state index is 13.0. The third kappa shape index (κ3) is 3.82. The van der Waals surface area contributed by atoms with Gasteiger partial charge in [0.25, 0.3) is 0 Å². The zero-order valence-electron chi connectivity index (χ0n) is 16.5. The Hall–Kier alpha value is -2.62. The summed E-state index contributed by atoms with van der Waals surface area (Å²) in [6.45, 7) is 1.43. The summed E-state index contributed by atoms with van der Waals surface area (Å²) in [4.78, 5) is 29.7. The molecule has 1 heterocycles. The first kappa shape index (κ1) is 18.7. The monoisotopic (exact) mass is 376 g/mol. The molecule has 28 heavy (non-hydrogen) atoms. The van der Waals surface area contributed by atoms with Crippen LogP contribution in [0.25, 0.3) is 0 Å². The Labute approximate surface area is 167 Å². The lowest BCUT2D eigenvalue weighted by Gasteiger charge is -2.32. The molecule has 0 radical (unpaired) electrons. The molecule has 4 heteroatoms. The SMILES string of the molecule is CN(Cc1ccccc1)C(=O)C1CCC(C(=O)N2CCc3ccccc32)CC1. The summed E-state index contributed by atoms with van der Waals surface area (Å²) < 4.78 is 0. The van der Waals surface area contributed by atoms with Gasteiger partial charge in [-0.15, -0.1) is 0 Å². The Kier molecular flexibility index (Phi) is 5.47. The molecule has 1 fully saturated rings. The molecule has 2 aliphatic rings. The molecule has 1 saturated carbocycles. The molecule has 2 amide bonds. The highest BCUT2D eigenvalue weighted by molar-refractivity contribution is 5.97. The van der Waals surface area contributed by atoms with Gasteiger partial charge in [0.05, 0.1) is 0 Å². The minimum atomic E-state index is 0.0450. The van der Waals surface area contributed by atoms with Crippen molar-refractivity contribution in [3.63, 3.8) is 0 Å². The fraction of sp³-hybridized carbons (Fsp3) is 0.417. The molecular formula is C24H28N2O2. The van der Waals surface area contributed by atoms with Crippen LogP contribution in [0.5, 0.6) is 0 Å². The highest BCUT2D eigenvalue weighted by Crippen LogP contribution is 2.35. The fourth-order valence-electron chi connectivity index (χ4n) is 4.62. The van der Waals surface area contributed by atoms with Crippen LogP contribution in [0.3, 0.4) is 0 Å². The largest absolute Gasteiger partial charge is 0.341 e. The van der Waals surface area contributed by atoms with Crippen LogP contribution in [0.1, 0.15) is 36.8 Å². The summed E-state index contributed by atoms with van der Waals surface area (Å²) >= 11 is 0. The lowest BCUT2D eigenvalue weighted by molar-refractivity contribution is -0.137. The molecule has 0 unspecified atom stereocenters. The van der Waals surface area contributed by atoms with Gasteiger partial charge in [-0.2, -0.15) is 0 Å². The Morgan fingerprint density at radius 1 is 0.929 bits per heavy atom. The lowest BCUT2D eigenvalue weighted by atomic mass is 9.80. The summed E-state index contributed by atoms with van der Waals surface area (Å²) in [5.74, 6) is 0.549. The number of carbonyl (C=O) groups is 2. The summed E-state index contributed by atoms with van der Waals surface area (Å²) in [5.41, 5.74) is 3.49. The molecule has 0 aromatic heterocycles. The first-order chi connectivity index (χ1) is 13.6. The normalized spacial score (nSPS) is 21.2. The van der Waals surface area contributed by atoms with Gasteiger partial charge in [0.15, 0.2) is 0 Å². The highest BCUT2D eigenvalue weighted by Gasteiger charge is 2.35. The standard InChI is InChI=1S/C24H28N2O2/c1-25(17-18-7-3-2-4-8-18)23(27)20-11-13-21(14-12-20)24(28)26-16-15-19-9-5-6-10-22(19)26/h2-10,20-21H,11-17H2,1H3. The highest BCUT2D eigenvalue weighted by atomic mass is 16.2. The number of amides is 2. The van der Waals surface area contributed by atoms with E-state index in [-0.39, 0.29) is 23.7 Å². The van der Waals surface area contributed by atoms with Crippen LogP contribution < -0.4 is 4.90 Å². The van der Waals surface area contributed by atoms with Crippen LogP contribution in [0.4, 0.5) is 5.69 Å². The maximum atomic E-state index is 13.0. The first-order valence-electron chi connectivity index (χ1n) is 10.3. The molecule has 2 aromatic carbocycles. The Morgan fingerprint density at radius 3 is 2.32 bits per heavy atom. The quantitative estimate of drug-likeness (QED) is 0.808. The van der Waals surface area contributed by atoms with E-state index in [9.17, 15) is 9.59 Å². The molecule has 1 aliphatic heterocycles. The van der Waals surface area contributed by atoms with E-state index in [2.05, 4.69) is 6.07 Å². The summed E-state index contributed by atoms with van der Waals surface area (Å²) in [7, 11) is 1.88. The van der Waals surface area contributed by atoms with Crippen molar-refractivity contribution < 1.29 is 9.59 Å². The van der Waals surface area contributed by atoms with Gasteiger partial charge in [0.1, 0.15) is 0 Å². The number of nitrogens with zero attached hydrogens (tertiary/aromatic N) is 2. The third-order valence-corrected chi connectivity index (χ3v) is 6.22. The molecule has 0 N–H and O–H groups in total. The van der Waals surface area contributed by atoms with Crippen molar-refractivity contribution in [3.8, 4) is 0 Å². The molecule has 1 aliphatic carbocycles. The van der Waals surface area contributed by atoms with Crippen molar-refractivity contribution in [1.29, 1.82) is 0 Å². The number of hydrogen-bond donors (Lipinski definition) is 0. The zero-order chi connectivity index (χ0) is 19.5. The molecule has 0 bridgehead atoms. The molecule has 146 valence electrons. The number of anilines is 1. The maximum Gasteiger partial charge on any atom is 0.230 e. The topological polar surface area (TPSA) is 40.6 Å². The summed E-state index contributed by atoms with van der Waals surface area (Å²) in [6, 6.07) is 18.3. The molecule has 0 atom stereocenters. The van der Waals surface area contributed by atoms with Gasteiger partial charge in [0.2, 0.25) is 11.8 Å². The van der Waals surface area contributed by atoms with Crippen molar-refractivity contribution in [2.24, 2.45) is 11.8 Å². The van der Waals surface area contributed by atoms with Gasteiger partial charge >= 0.3 is 0 Å². The van der Waals surface area contributed by atoms with E-state index in [0.29, 0.717) is 6.54 Å². The van der Waals surface area contributed by atoms with E-state index in [4.69, 9.17) is 0 Å². The van der Waals surface area contributed by atoms with Gasteiger partial charge in [0, 0.05) is 37.7 Å². The molecule has 2 aromatic rings. The van der Waals surface area contributed by atoms with Gasteiger partial charge in [-0.05, 0) is 49.3 Å². The fourth-order valence-corrected chi connectivity index (χ4v) is 4.62. The summed E-state index contributed by atoms with van der Waals surface area (Å²) in [6.07, 6.45) is 4.19. The average Bonchev–Trinajstić information content (AvgIpc) is 3.17. The van der Waals surface area contributed by atoms with E-state index < -0.39 is 0 Å². The zero-order valence-corrected chi connectivity index (χ0v) is 16.5. The van der Waals surface area contributed by atoms with Gasteiger partial charge in [-0.3, -0.25) is 9.59 Å². The van der Waals surface area contributed by atoms with Crippen LogP contribution in [0.2, 0.25) is 0 Å². The van der Waals surface area contributed by atoms with Gasteiger partial charge in [-0.1, -0.05) is 48.5 Å². The van der Waals surface area contributed by atoms with Crippen LogP contribution in [0, 0.1) is 11.8 Å². The van der Waals surface area contributed by atoms with Crippen LogP contribution in [-0.4, -0.2) is 30.3 Å². The number of carbonyl (C=O) groups excluding carboxylic acids is 2. The Balaban J connectivity index is 1.32. The van der Waals surface area contributed by atoms with E-state index in [1.54, 1.807) is 0 Å². The van der Waals surface area contributed by atoms with Crippen molar-refractivity contribution in [2.45, 2.75) is 38.6 Å². The van der Waals surface area contributed by atoms with Crippen LogP contribution in [-0.2, 0) is 22.6 Å². The van der Waals surface area contributed by atoms with Gasteiger partial charge in [-0.25, -0.2) is 0 Å². The molecule has 4 nitrogen and oxygen atoms in total. The van der Waals surface area contributed by atoms with Crippen molar-refractivity contribution in [2.75, 3.05) is 18.5 Å². The van der Waals surface area contributed by atoms with E-state index in [1.807, 2.05) is 65.4 Å². The number of benzene rings is 2. The number of para-hydroxylation sites is 1. The Morgan fingerprint density at radius 2 is 1.57 bits per heavy atom. The van der Waals surface area contributed by atoms with Gasteiger partial charge < -0.3 is 9.80 Å². The van der Waals surface area contributed by atoms with Crippen LogP contribution >= 0.6 is 0 Å². The second kappa shape index (κ2) is 8.17. The molecular weight excluding hydrogens is 348 g/mol. The minimum absolute atomic E-state index is 0.0450. The molecule has 0 spiro atoms. The Bertz CT molecular complexity index is 841. The van der Waals surface area contributed by atoms with E-state index in [1.165, 1.54) is 5.56 Å². The van der Waals surface area contributed by atoms with E-state index in [0.717, 1.165) is 49.9 Å². The average molecular weight is 377 g/mol. The number of fused-ring (bicyclic) bond motifs is 1. The predicted molar refractivity (Wildman–Crippen MR) is 111 cm³/mol. The number of hydrogen-bond acceptors (Lipinski definition) is 2. The number of rotatable bonds is 4. The van der Waals surface area contributed by atoms with Crippen LogP contribution in [0.15, 0.2) is 54.6 Å². The third-order valence-electron chi connectivity index (χ3n) is 6.22. The second-order valence-electron chi connectivity index (χ2n) is 8.10. The van der Waals surface area contributed by atoms with Crippen molar-refractivity contribution in [3.05, 3.63) is 65.7 Å². The second-order valence-corrected chi connectivity index (χ2v) is 8.10. The molecule has 0 saturated heterocycles. The van der Waals surface area contributed by atoms with E-state index >= 15 is 0 Å². The smallest absolute Gasteiger partial charge is 0.230 e. The molecule has 4 rings (SSSR count).